The molecule has 16 nitrogen and oxygen atoms in total. The molecule has 2 aliphatic heterocycles. The second-order valence-electron chi connectivity index (χ2n) is 8.07. The number of nitrogens with one attached hydrogen (secondary N) is 1. The number of hydrogen-bond donors (Lipinski definition) is 5. The van der Waals surface area contributed by atoms with Gasteiger partial charge in [0.1, 0.15) is 24.6 Å². The molecule has 7 atom stereocenters. The summed E-state index contributed by atoms with van der Waals surface area (Å²) in [6.45, 7) is 3.69. The van der Waals surface area contributed by atoms with E-state index in [2.05, 4.69) is 28.9 Å². The number of imidazole rings is 1. The average Bonchev–Trinajstić information content (AvgIpc) is 3.26. The molecule has 4 rings (SSSR count). The first-order valence-electron chi connectivity index (χ1n) is 10.2. The number of hydrogen-bond acceptors (Lipinski definition) is 13. The number of aliphatic hydroxyl groups is 2. The van der Waals surface area contributed by atoms with E-state index in [1.165, 1.54) is 17.2 Å². The molecule has 19 heteroatoms. The number of ether oxygens (including phenoxy) is 1. The van der Waals surface area contributed by atoms with Crippen molar-refractivity contribution in [3.8, 4) is 0 Å². The Labute approximate surface area is 198 Å². The van der Waals surface area contributed by atoms with E-state index in [1.54, 1.807) is 0 Å². The van der Waals surface area contributed by atoms with Crippen molar-refractivity contribution in [3.63, 3.8) is 0 Å². The van der Waals surface area contributed by atoms with Gasteiger partial charge in [0.25, 0.3) is 0 Å². The van der Waals surface area contributed by atoms with Crippen molar-refractivity contribution in [3.05, 3.63) is 24.3 Å². The lowest BCUT2D eigenvalue weighted by molar-refractivity contribution is -0.0484. The zero-order valence-corrected chi connectivity index (χ0v) is 21.1. The molecule has 0 aliphatic carbocycles. The SMILES string of the molecule is CC(C)=CCNc1ncnc2c1ncn2[C@@H]1O[C@H](COP2(=O)CP(=O)(O)OP(=O)(O)O2)C(O)[C@@H]1O. The second-order valence-corrected chi connectivity index (χ2v) is 14.2. The van der Waals surface area contributed by atoms with Crippen LogP contribution in [0.3, 0.4) is 0 Å². The molecule has 2 aliphatic rings. The summed E-state index contributed by atoms with van der Waals surface area (Å²) < 4.78 is 56.4. The topological polar surface area (TPSA) is 225 Å². The number of nitrogens with zero attached hydrogens (tertiary/aromatic N) is 4. The van der Waals surface area contributed by atoms with Gasteiger partial charge in [0.15, 0.2) is 29.1 Å². The molecule has 0 bridgehead atoms. The molecule has 0 spiro atoms. The van der Waals surface area contributed by atoms with Gasteiger partial charge in [-0.05, 0) is 13.8 Å². The summed E-state index contributed by atoms with van der Waals surface area (Å²) in [4.78, 5) is 31.5. The molecule has 194 valence electrons. The van der Waals surface area contributed by atoms with E-state index < -0.39 is 60.1 Å². The molecule has 0 radical (unpaired) electrons. The van der Waals surface area contributed by atoms with E-state index in [-0.39, 0.29) is 0 Å². The standard InChI is InChI=1S/C16H24N5O11P3/c1-9(2)3-4-17-14-11-15(19-6-18-14)21(7-20-11)16-13(23)12(22)10(30-16)5-29-34(26)8-33(24,25)31-35(27,28)32-34/h3,6-7,10,12-13,16,22-23H,4-5,8H2,1-2H3,(H,24,25)(H,27,28)(H,17,18,19)/t10-,12?,13+,16-,34?/m1/s1. The number of fused-ring (bicyclic) bond motifs is 1. The summed E-state index contributed by atoms with van der Waals surface area (Å²) in [5.41, 5.74) is 1.78. The molecular formula is C16H24N5O11P3. The van der Waals surface area contributed by atoms with Crippen LogP contribution in [0, 0.1) is 0 Å². The molecule has 4 unspecified atom stereocenters. The molecule has 2 fully saturated rings. The van der Waals surface area contributed by atoms with Gasteiger partial charge in [0, 0.05) is 6.54 Å². The van der Waals surface area contributed by atoms with E-state index in [1.807, 2.05) is 19.9 Å². The first kappa shape index (κ1) is 26.5. The molecule has 35 heavy (non-hydrogen) atoms. The van der Waals surface area contributed by atoms with Gasteiger partial charge >= 0.3 is 23.0 Å². The summed E-state index contributed by atoms with van der Waals surface area (Å²) in [7, 11) is -14.4. The number of rotatable bonds is 7. The Morgan fingerprint density at radius 2 is 1.94 bits per heavy atom. The van der Waals surface area contributed by atoms with Crippen molar-refractivity contribution in [1.82, 2.24) is 19.5 Å². The summed E-state index contributed by atoms with van der Waals surface area (Å²) >= 11 is 0. The van der Waals surface area contributed by atoms with Crippen LogP contribution in [0.4, 0.5) is 5.82 Å². The highest BCUT2D eigenvalue weighted by atomic mass is 31.3. The first-order chi connectivity index (χ1) is 16.3. The van der Waals surface area contributed by atoms with Crippen molar-refractivity contribution >= 4 is 40.0 Å². The molecule has 2 aromatic heterocycles. The first-order valence-corrected chi connectivity index (χ1v) is 15.1. The summed E-state index contributed by atoms with van der Waals surface area (Å²) in [6, 6.07) is 0. The van der Waals surface area contributed by atoms with Crippen LogP contribution in [0.2, 0.25) is 0 Å². The molecular weight excluding hydrogens is 531 g/mol. The third kappa shape index (κ3) is 5.90. The Hall–Kier alpha value is -1.54. The molecule has 4 heterocycles. The van der Waals surface area contributed by atoms with Crippen molar-refractivity contribution < 1.29 is 51.6 Å². The highest BCUT2D eigenvalue weighted by Crippen LogP contribution is 2.78. The van der Waals surface area contributed by atoms with Gasteiger partial charge in [-0.25, -0.2) is 28.1 Å². The van der Waals surface area contributed by atoms with Crippen LogP contribution in [0.5, 0.6) is 0 Å². The highest BCUT2D eigenvalue weighted by molar-refractivity contribution is 7.81. The third-order valence-corrected chi connectivity index (χ3v) is 12.0. The maximum Gasteiger partial charge on any atom is 0.486 e. The van der Waals surface area contributed by atoms with E-state index in [4.69, 9.17) is 9.26 Å². The fourth-order valence-electron chi connectivity index (χ4n) is 3.47. The van der Waals surface area contributed by atoms with Crippen molar-refractivity contribution in [2.45, 2.75) is 38.4 Å². The lowest BCUT2D eigenvalue weighted by atomic mass is 10.1. The number of phosphoric acid groups is 1. The quantitative estimate of drug-likeness (QED) is 0.240. The van der Waals surface area contributed by atoms with Gasteiger partial charge < -0.3 is 34.6 Å². The molecule has 2 saturated heterocycles. The van der Waals surface area contributed by atoms with Gasteiger partial charge in [-0.3, -0.25) is 13.7 Å². The number of aliphatic hydroxyl groups excluding tert-OH is 2. The largest absolute Gasteiger partial charge is 0.486 e. The zero-order valence-electron chi connectivity index (χ0n) is 18.4. The predicted octanol–water partition coefficient (Wildman–Crippen LogP) is 1.32. The van der Waals surface area contributed by atoms with Crippen LogP contribution in [-0.2, 0) is 31.6 Å². The van der Waals surface area contributed by atoms with Gasteiger partial charge in [-0.2, -0.15) is 0 Å². The van der Waals surface area contributed by atoms with E-state index in [0.717, 1.165) is 5.57 Å². The molecule has 0 amide bonds. The van der Waals surface area contributed by atoms with E-state index >= 15 is 0 Å². The highest BCUT2D eigenvalue weighted by Gasteiger charge is 2.53. The van der Waals surface area contributed by atoms with Gasteiger partial charge in [0.2, 0.25) is 0 Å². The van der Waals surface area contributed by atoms with Crippen LogP contribution >= 0.6 is 23.0 Å². The minimum Gasteiger partial charge on any atom is -0.387 e. The maximum atomic E-state index is 12.6. The van der Waals surface area contributed by atoms with Crippen LogP contribution < -0.4 is 5.32 Å². The molecule has 2 aromatic rings. The van der Waals surface area contributed by atoms with Crippen molar-refractivity contribution in [2.75, 3.05) is 24.4 Å². The minimum atomic E-state index is -5.11. The number of anilines is 1. The molecule has 0 aromatic carbocycles. The zero-order chi connectivity index (χ0) is 25.6. The van der Waals surface area contributed by atoms with Crippen LogP contribution in [0.1, 0.15) is 20.1 Å². The molecule has 5 N–H and O–H groups in total. The number of aromatic nitrogens is 4. The van der Waals surface area contributed by atoms with Crippen LogP contribution in [0.25, 0.3) is 11.2 Å². The smallest absolute Gasteiger partial charge is 0.387 e. The van der Waals surface area contributed by atoms with E-state index in [0.29, 0.717) is 23.5 Å². The summed E-state index contributed by atoms with van der Waals surface area (Å²) in [5, 5.41) is 24.1. The Kier molecular flexibility index (Phi) is 7.37. The fraction of sp³-hybridized carbons (Fsp3) is 0.562. The Bertz CT molecular complexity index is 1250. The van der Waals surface area contributed by atoms with E-state index in [9.17, 15) is 33.7 Å². The van der Waals surface area contributed by atoms with Gasteiger partial charge in [-0.15, -0.1) is 0 Å². The Balaban J connectivity index is 1.50. The second kappa shape index (κ2) is 9.73. The van der Waals surface area contributed by atoms with Crippen LogP contribution in [-0.4, -0.2) is 76.9 Å². The van der Waals surface area contributed by atoms with Gasteiger partial charge in [0.05, 0.1) is 12.9 Å². The lowest BCUT2D eigenvalue weighted by Gasteiger charge is -2.28. The molecule has 0 saturated carbocycles. The summed E-state index contributed by atoms with van der Waals surface area (Å²) in [6.07, 6.45) is -0.950. The minimum absolute atomic E-state index is 0.292. The lowest BCUT2D eigenvalue weighted by Crippen LogP contribution is -2.33. The monoisotopic (exact) mass is 555 g/mol. The Morgan fingerprint density at radius 1 is 1.20 bits per heavy atom. The maximum absolute atomic E-state index is 12.6. The number of allylic oxidation sites excluding steroid dienone is 1. The van der Waals surface area contributed by atoms with Crippen molar-refractivity contribution in [2.24, 2.45) is 0 Å². The van der Waals surface area contributed by atoms with Crippen molar-refractivity contribution in [1.29, 1.82) is 0 Å². The van der Waals surface area contributed by atoms with Gasteiger partial charge in [-0.1, -0.05) is 11.6 Å². The average molecular weight is 555 g/mol. The third-order valence-electron chi connectivity index (χ3n) is 5.00. The predicted molar refractivity (Wildman–Crippen MR) is 119 cm³/mol. The summed E-state index contributed by atoms with van der Waals surface area (Å²) in [5.74, 6) is -0.735. The fourth-order valence-corrected chi connectivity index (χ4v) is 10.4. The normalized spacial score (nSPS) is 37.4. The Morgan fingerprint density at radius 3 is 2.63 bits per heavy atom. The van der Waals surface area contributed by atoms with Crippen LogP contribution in [0.15, 0.2) is 24.3 Å².